The SMILES string of the molecule is N#Cc1ccccc1N1CC(Cc2ccccc2)N(C(=O)C2CC2)CC1=O. The molecule has 1 aliphatic heterocycles. The molecule has 0 bridgehead atoms. The van der Waals surface area contributed by atoms with Gasteiger partial charge in [0.1, 0.15) is 12.6 Å². The fourth-order valence-electron chi connectivity index (χ4n) is 3.69. The van der Waals surface area contributed by atoms with Crippen molar-refractivity contribution in [3.63, 3.8) is 0 Å². The normalized spacial score (nSPS) is 19.7. The first-order chi connectivity index (χ1) is 13.2. The lowest BCUT2D eigenvalue weighted by Gasteiger charge is -2.41. The molecule has 2 amide bonds. The molecule has 2 aliphatic rings. The summed E-state index contributed by atoms with van der Waals surface area (Å²) in [6, 6.07) is 19.2. The Balaban J connectivity index is 1.64. The summed E-state index contributed by atoms with van der Waals surface area (Å²) in [5, 5.41) is 9.41. The molecule has 136 valence electrons. The molecule has 5 heteroatoms. The molecule has 1 atom stereocenters. The van der Waals surface area contributed by atoms with E-state index >= 15 is 0 Å². The van der Waals surface area contributed by atoms with Crippen LogP contribution in [0.1, 0.15) is 24.0 Å². The summed E-state index contributed by atoms with van der Waals surface area (Å²) < 4.78 is 0. The van der Waals surface area contributed by atoms with Crippen LogP contribution >= 0.6 is 0 Å². The van der Waals surface area contributed by atoms with E-state index in [1.165, 1.54) is 0 Å². The number of carbonyl (C=O) groups is 2. The molecular formula is C22H21N3O2. The van der Waals surface area contributed by atoms with Gasteiger partial charge in [0.2, 0.25) is 11.8 Å². The molecule has 5 nitrogen and oxygen atoms in total. The summed E-state index contributed by atoms with van der Waals surface area (Å²) in [7, 11) is 0. The first-order valence-electron chi connectivity index (χ1n) is 9.31. The van der Waals surface area contributed by atoms with Crippen molar-refractivity contribution in [2.45, 2.75) is 25.3 Å². The van der Waals surface area contributed by atoms with Gasteiger partial charge >= 0.3 is 0 Å². The van der Waals surface area contributed by atoms with Crippen molar-refractivity contribution < 1.29 is 9.59 Å². The number of para-hydroxylation sites is 1. The zero-order chi connectivity index (χ0) is 18.8. The fourth-order valence-corrected chi connectivity index (χ4v) is 3.69. The van der Waals surface area contributed by atoms with Crippen molar-refractivity contribution in [3.05, 3.63) is 65.7 Å². The predicted octanol–water partition coefficient (Wildman–Crippen LogP) is 2.75. The highest BCUT2D eigenvalue weighted by Crippen LogP contribution is 2.34. The van der Waals surface area contributed by atoms with E-state index in [-0.39, 0.29) is 30.3 Å². The van der Waals surface area contributed by atoms with E-state index in [2.05, 4.69) is 6.07 Å². The Kier molecular flexibility index (Phi) is 4.64. The molecule has 1 saturated heterocycles. The van der Waals surface area contributed by atoms with Gasteiger partial charge in [-0.1, -0.05) is 42.5 Å². The lowest BCUT2D eigenvalue weighted by Crippen LogP contribution is -2.59. The average Bonchev–Trinajstić information content (AvgIpc) is 3.54. The van der Waals surface area contributed by atoms with Crippen molar-refractivity contribution in [1.29, 1.82) is 5.26 Å². The van der Waals surface area contributed by atoms with Gasteiger partial charge < -0.3 is 9.80 Å². The summed E-state index contributed by atoms with van der Waals surface area (Å²) in [6.07, 6.45) is 2.53. The van der Waals surface area contributed by atoms with Crippen LogP contribution in [0.5, 0.6) is 0 Å². The van der Waals surface area contributed by atoms with E-state index < -0.39 is 0 Å². The fraction of sp³-hybridized carbons (Fsp3) is 0.318. The standard InChI is InChI=1S/C22H21N3O2/c23-13-18-8-4-5-9-20(18)25-14-19(12-16-6-2-1-3-7-16)24(15-21(25)26)22(27)17-10-11-17/h1-9,17,19H,10-12,14-15H2. The summed E-state index contributed by atoms with van der Waals surface area (Å²) >= 11 is 0. The van der Waals surface area contributed by atoms with Crippen LogP contribution in [0.25, 0.3) is 0 Å². The van der Waals surface area contributed by atoms with Gasteiger partial charge in [0, 0.05) is 12.5 Å². The number of nitriles is 1. The largest absolute Gasteiger partial charge is 0.328 e. The minimum Gasteiger partial charge on any atom is -0.328 e. The molecule has 1 aliphatic carbocycles. The Morgan fingerprint density at radius 1 is 1.07 bits per heavy atom. The van der Waals surface area contributed by atoms with Crippen LogP contribution in [0.4, 0.5) is 5.69 Å². The summed E-state index contributed by atoms with van der Waals surface area (Å²) in [6.45, 7) is 0.484. The van der Waals surface area contributed by atoms with Gasteiger partial charge in [-0.2, -0.15) is 5.26 Å². The number of rotatable bonds is 4. The Bertz CT molecular complexity index is 899. The van der Waals surface area contributed by atoms with Gasteiger partial charge in [0.25, 0.3) is 0 Å². The minimum atomic E-state index is -0.129. The van der Waals surface area contributed by atoms with Gasteiger partial charge in [0.05, 0.1) is 17.3 Å². The number of nitrogens with zero attached hydrogens (tertiary/aromatic N) is 3. The molecule has 2 aromatic carbocycles. The van der Waals surface area contributed by atoms with Crippen molar-refractivity contribution in [1.82, 2.24) is 4.90 Å². The van der Waals surface area contributed by atoms with Crippen LogP contribution in [0.3, 0.4) is 0 Å². The molecule has 27 heavy (non-hydrogen) atoms. The zero-order valence-corrected chi connectivity index (χ0v) is 15.0. The Morgan fingerprint density at radius 2 is 1.78 bits per heavy atom. The van der Waals surface area contributed by atoms with Gasteiger partial charge in [-0.05, 0) is 37.0 Å². The maximum absolute atomic E-state index is 12.8. The molecule has 4 rings (SSSR count). The quantitative estimate of drug-likeness (QED) is 0.843. The van der Waals surface area contributed by atoms with E-state index in [0.717, 1.165) is 18.4 Å². The van der Waals surface area contributed by atoms with E-state index in [1.807, 2.05) is 36.4 Å². The van der Waals surface area contributed by atoms with Crippen molar-refractivity contribution in [2.24, 2.45) is 5.92 Å². The first kappa shape index (κ1) is 17.3. The van der Waals surface area contributed by atoms with Crippen molar-refractivity contribution in [2.75, 3.05) is 18.0 Å². The van der Waals surface area contributed by atoms with Crippen LogP contribution in [0.15, 0.2) is 54.6 Å². The molecule has 1 heterocycles. The zero-order valence-electron chi connectivity index (χ0n) is 15.0. The Hall–Kier alpha value is -3.13. The first-order valence-corrected chi connectivity index (χ1v) is 9.31. The Labute approximate surface area is 158 Å². The maximum Gasteiger partial charge on any atom is 0.246 e. The summed E-state index contributed by atoms with van der Waals surface area (Å²) in [4.78, 5) is 29.0. The molecule has 0 N–H and O–H groups in total. The number of amides is 2. The van der Waals surface area contributed by atoms with Crippen LogP contribution in [0.2, 0.25) is 0 Å². The second-order valence-electron chi connectivity index (χ2n) is 7.22. The number of anilines is 1. The van der Waals surface area contributed by atoms with E-state index in [1.54, 1.807) is 28.0 Å². The van der Waals surface area contributed by atoms with Crippen LogP contribution in [-0.2, 0) is 16.0 Å². The average molecular weight is 359 g/mol. The topological polar surface area (TPSA) is 64.4 Å². The third kappa shape index (κ3) is 3.56. The second-order valence-corrected chi connectivity index (χ2v) is 7.22. The minimum absolute atomic E-state index is 0.0760. The van der Waals surface area contributed by atoms with E-state index in [9.17, 15) is 14.9 Å². The van der Waals surface area contributed by atoms with Gasteiger partial charge in [-0.15, -0.1) is 0 Å². The number of carbonyl (C=O) groups excluding carboxylic acids is 2. The molecule has 1 saturated carbocycles. The molecule has 2 aromatic rings. The lowest BCUT2D eigenvalue weighted by atomic mass is 10.00. The van der Waals surface area contributed by atoms with E-state index in [4.69, 9.17) is 0 Å². The Morgan fingerprint density at radius 3 is 2.48 bits per heavy atom. The second kappa shape index (κ2) is 7.24. The lowest BCUT2D eigenvalue weighted by molar-refractivity contribution is -0.140. The highest BCUT2D eigenvalue weighted by Gasteiger charge is 2.41. The molecule has 0 spiro atoms. The van der Waals surface area contributed by atoms with Crippen LogP contribution < -0.4 is 4.90 Å². The van der Waals surface area contributed by atoms with Gasteiger partial charge in [0.15, 0.2) is 0 Å². The number of piperazine rings is 1. The highest BCUT2D eigenvalue weighted by molar-refractivity contribution is 5.99. The molecule has 1 unspecified atom stereocenters. The van der Waals surface area contributed by atoms with Gasteiger partial charge in [-0.3, -0.25) is 9.59 Å². The van der Waals surface area contributed by atoms with Crippen LogP contribution in [0, 0.1) is 17.2 Å². The highest BCUT2D eigenvalue weighted by atomic mass is 16.2. The molecular weight excluding hydrogens is 338 g/mol. The summed E-state index contributed by atoms with van der Waals surface area (Å²) in [5.41, 5.74) is 2.24. The third-order valence-corrected chi connectivity index (χ3v) is 5.28. The van der Waals surface area contributed by atoms with Crippen molar-refractivity contribution >= 4 is 17.5 Å². The van der Waals surface area contributed by atoms with E-state index in [0.29, 0.717) is 24.2 Å². The van der Waals surface area contributed by atoms with Gasteiger partial charge in [-0.25, -0.2) is 0 Å². The maximum atomic E-state index is 12.8. The van der Waals surface area contributed by atoms with Crippen molar-refractivity contribution in [3.8, 4) is 6.07 Å². The predicted molar refractivity (Wildman–Crippen MR) is 102 cm³/mol. The molecule has 2 fully saturated rings. The number of benzene rings is 2. The molecule has 0 radical (unpaired) electrons. The number of hydrogen-bond donors (Lipinski definition) is 0. The summed E-state index contributed by atoms with van der Waals surface area (Å²) in [5.74, 6) is 0.0440. The smallest absolute Gasteiger partial charge is 0.246 e. The number of hydrogen-bond acceptors (Lipinski definition) is 3. The monoisotopic (exact) mass is 359 g/mol. The molecule has 0 aromatic heterocycles. The van der Waals surface area contributed by atoms with Crippen LogP contribution in [-0.4, -0.2) is 35.8 Å². The third-order valence-electron chi connectivity index (χ3n) is 5.28.